The summed E-state index contributed by atoms with van der Waals surface area (Å²) in [6.45, 7) is 0. The Kier molecular flexibility index (Phi) is 11.0. The number of halogens is 8. The predicted octanol–water partition coefficient (Wildman–Crippen LogP) is 6.29. The molecular formula is C48H72F8N8. The van der Waals surface area contributed by atoms with Crippen molar-refractivity contribution in [1.29, 1.82) is 0 Å². The summed E-state index contributed by atoms with van der Waals surface area (Å²) in [6.07, 6.45) is -6.61. The van der Waals surface area contributed by atoms with Crippen LogP contribution < -0.4 is 42.5 Å². The van der Waals surface area contributed by atoms with Crippen LogP contribution in [0.2, 0.25) is 0 Å². The zero-order valence-electron chi connectivity index (χ0n) is 36.8. The number of nitrogens with one attached hydrogen (secondary N) is 8. The first-order valence-electron chi connectivity index (χ1n) is 26.3. The van der Waals surface area contributed by atoms with Gasteiger partial charge in [0.15, 0.2) is 0 Å². The molecule has 13 aliphatic rings. The molecular weight excluding hydrogens is 841 g/mol. The van der Waals surface area contributed by atoms with Crippen molar-refractivity contribution in [3.8, 4) is 0 Å². The molecule has 0 radical (unpaired) electrons. The van der Waals surface area contributed by atoms with Crippen LogP contribution >= 0.6 is 0 Å². The molecule has 24 unspecified atom stereocenters. The zero-order chi connectivity index (χ0) is 43.4. The molecule has 360 valence electrons. The lowest BCUT2D eigenvalue weighted by molar-refractivity contribution is -0.0870. The molecule has 16 heteroatoms. The van der Waals surface area contributed by atoms with Crippen LogP contribution in [0, 0.1) is 94.7 Å². The maximum atomic E-state index is 17.4. The van der Waals surface area contributed by atoms with Gasteiger partial charge in [-0.3, -0.25) is 42.5 Å². The van der Waals surface area contributed by atoms with E-state index in [0.29, 0.717) is 51.4 Å². The van der Waals surface area contributed by atoms with E-state index in [4.69, 9.17) is 0 Å². The molecule has 8 saturated carbocycles. The van der Waals surface area contributed by atoms with Gasteiger partial charge in [-0.25, -0.2) is 35.1 Å². The molecule has 8 N–H and O–H groups in total. The first kappa shape index (κ1) is 43.2. The van der Waals surface area contributed by atoms with E-state index in [-0.39, 0.29) is 0 Å². The van der Waals surface area contributed by atoms with Crippen molar-refractivity contribution in [3.63, 3.8) is 0 Å². The predicted molar refractivity (Wildman–Crippen MR) is 224 cm³/mol. The van der Waals surface area contributed by atoms with Gasteiger partial charge < -0.3 is 0 Å². The molecule has 0 amide bonds. The fourth-order valence-electron chi connectivity index (χ4n) is 18.9. The monoisotopic (exact) mass is 913 g/mol. The van der Waals surface area contributed by atoms with Crippen LogP contribution in [-0.4, -0.2) is 98.7 Å². The molecule has 24 atom stereocenters. The number of hydrogen-bond donors (Lipinski definition) is 8. The van der Waals surface area contributed by atoms with Crippen molar-refractivity contribution in [1.82, 2.24) is 42.5 Å². The van der Waals surface area contributed by atoms with Gasteiger partial charge in [0.05, 0.1) is 49.3 Å². The molecule has 5 heterocycles. The molecule has 0 aromatic heterocycles. The van der Waals surface area contributed by atoms with E-state index in [1.54, 1.807) is 0 Å². The number of fused-ring (bicyclic) bond motifs is 24. The van der Waals surface area contributed by atoms with Gasteiger partial charge in [0.25, 0.3) is 0 Å². The van der Waals surface area contributed by atoms with Crippen molar-refractivity contribution in [2.45, 2.75) is 201 Å². The van der Waals surface area contributed by atoms with Crippen LogP contribution in [0.1, 0.15) is 103 Å². The normalized spacial score (nSPS) is 63.4. The fourth-order valence-corrected chi connectivity index (χ4v) is 18.9. The molecule has 13 fully saturated rings. The third kappa shape index (κ3) is 6.31. The smallest absolute Gasteiger partial charge is 0.109 e. The molecule has 0 spiro atoms. The number of hydrogen-bond acceptors (Lipinski definition) is 8. The first-order valence-corrected chi connectivity index (χ1v) is 26.3. The minimum atomic E-state index is -1.38. The van der Waals surface area contributed by atoms with E-state index < -0.39 is 193 Å². The SMILES string of the molecule is FC1C2CCCCC2C(F)C2C3NC(NC4NC(NC5NC(NC6NC(N3)C3C(F)C7CCCCC7C(F)C63)C3C(F)C6CCCCC6C(F)C53)C3C(F)C5CCCCC5C(F)C43)C12. The summed E-state index contributed by atoms with van der Waals surface area (Å²) >= 11 is 0. The van der Waals surface area contributed by atoms with Crippen molar-refractivity contribution in [2.24, 2.45) is 94.7 Å². The first-order chi connectivity index (χ1) is 31.1. The highest BCUT2D eigenvalue weighted by Gasteiger charge is 2.68. The Morgan fingerprint density at radius 2 is 0.297 bits per heavy atom. The minimum absolute atomic E-state index is 0.474. The summed E-state index contributed by atoms with van der Waals surface area (Å²) in [5, 5.41) is 28.5. The molecule has 8 aliphatic carbocycles. The number of rotatable bonds is 0. The minimum Gasteiger partial charge on any atom is -0.286 e. The lowest BCUT2D eigenvalue weighted by Gasteiger charge is -2.50. The van der Waals surface area contributed by atoms with E-state index in [1.807, 2.05) is 0 Å². The maximum Gasteiger partial charge on any atom is 0.109 e. The summed E-state index contributed by atoms with van der Waals surface area (Å²) in [5.74, 6) is -10.7. The Bertz CT molecular complexity index is 1370. The topological polar surface area (TPSA) is 96.2 Å². The Morgan fingerprint density at radius 1 is 0.188 bits per heavy atom. The lowest BCUT2D eigenvalue weighted by Crippen LogP contribution is -2.62. The van der Waals surface area contributed by atoms with Gasteiger partial charge in [-0.15, -0.1) is 0 Å². The highest BCUT2D eigenvalue weighted by molar-refractivity contribution is 5.18. The van der Waals surface area contributed by atoms with Gasteiger partial charge in [0, 0.05) is 47.3 Å². The average molecular weight is 913 g/mol. The molecule has 5 aliphatic heterocycles. The van der Waals surface area contributed by atoms with Gasteiger partial charge in [-0.1, -0.05) is 51.4 Å². The highest BCUT2D eigenvalue weighted by Crippen LogP contribution is 2.58. The van der Waals surface area contributed by atoms with Gasteiger partial charge in [-0.05, 0) is 98.7 Å². The van der Waals surface area contributed by atoms with Crippen LogP contribution in [-0.2, 0) is 0 Å². The number of alkyl halides is 8. The molecule has 8 bridgehead atoms. The van der Waals surface area contributed by atoms with E-state index in [0.717, 1.165) is 51.4 Å². The molecule has 13 rings (SSSR count). The third-order valence-electron chi connectivity index (χ3n) is 21.4. The maximum absolute atomic E-state index is 17.4. The van der Waals surface area contributed by atoms with Crippen molar-refractivity contribution >= 4 is 0 Å². The van der Waals surface area contributed by atoms with Gasteiger partial charge in [0.1, 0.15) is 49.4 Å². The molecule has 0 aromatic carbocycles. The highest BCUT2D eigenvalue weighted by atomic mass is 19.2. The standard InChI is InChI=1S/C48H72F8N8/c49-33-17-9-1-2-10-18(17)34(50)26-25(33)41-57-42(26)62-44-29-30(38(54)22-14-6-5-13-21(22)37(29)53)46(59-44)64-48-32-31(39(55)23-15-7-8-16-24(23)40(32)56)47(60-48)63-45-28-27(43(58-45)61-41)35(51)19-11-3-4-12-20(19)36(28)52/h17-48,57-64H,1-16H2. The zero-order valence-corrected chi connectivity index (χ0v) is 36.8. The van der Waals surface area contributed by atoms with Gasteiger partial charge in [-0.2, -0.15) is 0 Å². The molecule has 0 aromatic rings. The third-order valence-corrected chi connectivity index (χ3v) is 21.4. The van der Waals surface area contributed by atoms with E-state index in [2.05, 4.69) is 42.5 Å². The van der Waals surface area contributed by atoms with Crippen LogP contribution in [0.3, 0.4) is 0 Å². The largest absolute Gasteiger partial charge is 0.286 e. The van der Waals surface area contributed by atoms with E-state index >= 15 is 35.1 Å². The van der Waals surface area contributed by atoms with Crippen LogP contribution in [0.15, 0.2) is 0 Å². The van der Waals surface area contributed by atoms with Crippen LogP contribution in [0.25, 0.3) is 0 Å². The van der Waals surface area contributed by atoms with Crippen molar-refractivity contribution < 1.29 is 35.1 Å². The van der Waals surface area contributed by atoms with Gasteiger partial charge in [0.2, 0.25) is 0 Å². The summed E-state index contributed by atoms with van der Waals surface area (Å²) in [4.78, 5) is 0. The molecule has 64 heavy (non-hydrogen) atoms. The van der Waals surface area contributed by atoms with Crippen molar-refractivity contribution in [2.75, 3.05) is 0 Å². The Hall–Kier alpha value is -0.880. The Labute approximate surface area is 373 Å². The Balaban J connectivity index is 0.922. The second-order valence-corrected chi connectivity index (χ2v) is 23.8. The summed E-state index contributed by atoms with van der Waals surface area (Å²) < 4.78 is 139. The molecule has 8 nitrogen and oxygen atoms in total. The van der Waals surface area contributed by atoms with Crippen LogP contribution in [0.5, 0.6) is 0 Å². The van der Waals surface area contributed by atoms with E-state index in [1.165, 1.54) is 0 Å². The summed E-state index contributed by atoms with van der Waals surface area (Å²) in [7, 11) is 0. The van der Waals surface area contributed by atoms with Crippen LogP contribution in [0.4, 0.5) is 35.1 Å². The second-order valence-electron chi connectivity index (χ2n) is 23.8. The fraction of sp³-hybridized carbons (Fsp3) is 1.00. The van der Waals surface area contributed by atoms with Gasteiger partial charge >= 0.3 is 0 Å². The Morgan fingerprint density at radius 3 is 0.406 bits per heavy atom. The summed E-state index contributed by atoms with van der Waals surface area (Å²) in [6, 6.07) is 0. The quantitative estimate of drug-likeness (QED) is 0.135. The van der Waals surface area contributed by atoms with Crippen molar-refractivity contribution in [3.05, 3.63) is 0 Å². The second kappa shape index (κ2) is 16.4. The summed E-state index contributed by atoms with van der Waals surface area (Å²) in [5.41, 5.74) is 0. The van der Waals surface area contributed by atoms with E-state index in [9.17, 15) is 0 Å². The molecule has 5 saturated heterocycles. The average Bonchev–Trinajstić information content (AvgIpc) is 4.07. The lowest BCUT2D eigenvalue weighted by atomic mass is 9.60.